The average Bonchev–Trinajstić information content (AvgIpc) is 3.08. The Morgan fingerprint density at radius 1 is 1.15 bits per heavy atom. The summed E-state index contributed by atoms with van der Waals surface area (Å²) in [4.78, 5) is 23.3. The molecular weight excluding hydrogens is 254 g/mol. The summed E-state index contributed by atoms with van der Waals surface area (Å²) in [7, 11) is 0. The van der Waals surface area contributed by atoms with Crippen LogP contribution in [0.3, 0.4) is 0 Å². The van der Waals surface area contributed by atoms with Crippen LogP contribution in [0.1, 0.15) is 46.1 Å². The minimum atomic E-state index is -0.517. The summed E-state index contributed by atoms with van der Waals surface area (Å²) in [5, 5.41) is 2.68. The lowest BCUT2D eigenvalue weighted by molar-refractivity contribution is -0.119. The van der Waals surface area contributed by atoms with Gasteiger partial charge in [0.25, 0.3) is 0 Å². The van der Waals surface area contributed by atoms with Gasteiger partial charge >= 0.3 is 6.09 Å². The van der Waals surface area contributed by atoms with Crippen LogP contribution < -0.4 is 5.32 Å². The van der Waals surface area contributed by atoms with Crippen molar-refractivity contribution in [1.29, 1.82) is 0 Å². The standard InChI is InChI=1S/C16H21NO3/c1-11(18)16(9-10-16)12-5-7-13(8-6-12)17-14(19)20-15(2,3)4/h5-8H,9-10H2,1-4H3,(H,17,19). The van der Waals surface area contributed by atoms with Gasteiger partial charge in [-0.2, -0.15) is 0 Å². The van der Waals surface area contributed by atoms with Gasteiger partial charge in [-0.15, -0.1) is 0 Å². The molecule has 0 saturated heterocycles. The number of carbonyl (C=O) groups is 2. The third-order valence-corrected chi connectivity index (χ3v) is 3.51. The van der Waals surface area contributed by atoms with Gasteiger partial charge in [-0.25, -0.2) is 4.79 Å². The minimum Gasteiger partial charge on any atom is -0.444 e. The molecule has 1 aromatic carbocycles. The molecule has 1 amide bonds. The van der Waals surface area contributed by atoms with Gasteiger partial charge in [-0.3, -0.25) is 10.1 Å². The molecule has 1 aliphatic carbocycles. The molecule has 0 heterocycles. The van der Waals surface area contributed by atoms with Crippen molar-refractivity contribution in [3.63, 3.8) is 0 Å². The van der Waals surface area contributed by atoms with E-state index in [1.54, 1.807) is 6.92 Å². The van der Waals surface area contributed by atoms with E-state index in [2.05, 4.69) is 5.32 Å². The second-order valence-corrected chi connectivity index (χ2v) is 6.34. The van der Waals surface area contributed by atoms with Gasteiger partial charge in [0.1, 0.15) is 11.4 Å². The number of hydrogen-bond donors (Lipinski definition) is 1. The van der Waals surface area contributed by atoms with Crippen molar-refractivity contribution in [3.05, 3.63) is 29.8 Å². The average molecular weight is 275 g/mol. The number of rotatable bonds is 3. The van der Waals surface area contributed by atoms with Crippen molar-refractivity contribution in [2.24, 2.45) is 0 Å². The molecule has 1 N–H and O–H groups in total. The van der Waals surface area contributed by atoms with Gasteiger partial charge in [0.05, 0.1) is 5.41 Å². The van der Waals surface area contributed by atoms with Crippen LogP contribution in [0.15, 0.2) is 24.3 Å². The zero-order valence-electron chi connectivity index (χ0n) is 12.4. The summed E-state index contributed by atoms with van der Waals surface area (Å²) in [6.07, 6.45) is 1.36. The van der Waals surface area contributed by atoms with E-state index in [0.29, 0.717) is 5.69 Å². The Bertz CT molecular complexity index is 522. The third-order valence-electron chi connectivity index (χ3n) is 3.51. The Morgan fingerprint density at radius 3 is 2.10 bits per heavy atom. The normalized spacial score (nSPS) is 16.4. The third kappa shape index (κ3) is 3.18. The lowest BCUT2D eigenvalue weighted by Gasteiger charge is -2.20. The van der Waals surface area contributed by atoms with Gasteiger partial charge < -0.3 is 4.74 Å². The van der Waals surface area contributed by atoms with Crippen LogP contribution in [0.2, 0.25) is 0 Å². The largest absolute Gasteiger partial charge is 0.444 e. The molecule has 0 aromatic heterocycles. The Morgan fingerprint density at radius 2 is 1.70 bits per heavy atom. The zero-order valence-corrected chi connectivity index (χ0v) is 12.4. The highest BCUT2D eigenvalue weighted by Gasteiger charge is 2.48. The first kappa shape index (κ1) is 14.6. The number of anilines is 1. The van der Waals surface area contributed by atoms with Gasteiger partial charge in [-0.1, -0.05) is 12.1 Å². The van der Waals surface area contributed by atoms with E-state index >= 15 is 0 Å². The summed E-state index contributed by atoms with van der Waals surface area (Å²) < 4.78 is 5.19. The van der Waals surface area contributed by atoms with E-state index in [9.17, 15) is 9.59 Å². The molecule has 0 radical (unpaired) electrons. The lowest BCUT2D eigenvalue weighted by Crippen LogP contribution is -2.27. The maximum atomic E-state index is 11.7. The minimum absolute atomic E-state index is 0.213. The second-order valence-electron chi connectivity index (χ2n) is 6.34. The number of nitrogens with one attached hydrogen (secondary N) is 1. The Balaban J connectivity index is 2.03. The molecule has 2 rings (SSSR count). The first-order valence-corrected chi connectivity index (χ1v) is 6.84. The number of carbonyl (C=O) groups excluding carboxylic acids is 2. The summed E-state index contributed by atoms with van der Waals surface area (Å²) in [5.74, 6) is 0.213. The molecule has 1 aromatic rings. The monoisotopic (exact) mass is 275 g/mol. The fourth-order valence-corrected chi connectivity index (χ4v) is 2.26. The van der Waals surface area contributed by atoms with Gasteiger partial charge in [0.2, 0.25) is 0 Å². The molecule has 0 unspecified atom stereocenters. The summed E-state index contributed by atoms with van der Waals surface area (Å²) in [6, 6.07) is 7.42. The van der Waals surface area contributed by atoms with E-state index in [-0.39, 0.29) is 11.2 Å². The highest BCUT2D eigenvalue weighted by Crippen LogP contribution is 2.49. The van der Waals surface area contributed by atoms with Gasteiger partial charge in [-0.05, 0) is 58.2 Å². The predicted octanol–water partition coefficient (Wildman–Crippen LogP) is 3.65. The smallest absolute Gasteiger partial charge is 0.412 e. The number of Topliss-reactive ketones (excluding diaryl/α,β-unsaturated/α-hetero) is 1. The number of benzene rings is 1. The quantitative estimate of drug-likeness (QED) is 0.916. The summed E-state index contributed by atoms with van der Waals surface area (Å²) in [6.45, 7) is 7.10. The van der Waals surface area contributed by atoms with E-state index in [1.807, 2.05) is 45.0 Å². The van der Waals surface area contributed by atoms with E-state index in [4.69, 9.17) is 4.74 Å². The van der Waals surface area contributed by atoms with Crippen molar-refractivity contribution in [3.8, 4) is 0 Å². The van der Waals surface area contributed by atoms with Crippen LogP contribution in [0.25, 0.3) is 0 Å². The molecule has 4 nitrogen and oxygen atoms in total. The molecule has 0 spiro atoms. The SMILES string of the molecule is CC(=O)C1(c2ccc(NC(=O)OC(C)(C)C)cc2)CC1. The number of ether oxygens (including phenoxy) is 1. The molecule has 108 valence electrons. The second kappa shape index (κ2) is 4.93. The van der Waals surface area contributed by atoms with Crippen LogP contribution in [-0.2, 0) is 14.9 Å². The molecule has 1 fully saturated rings. The topological polar surface area (TPSA) is 55.4 Å². The Kier molecular flexibility index (Phi) is 3.59. The van der Waals surface area contributed by atoms with Gasteiger partial charge in [0.15, 0.2) is 0 Å². The van der Waals surface area contributed by atoms with E-state index in [0.717, 1.165) is 18.4 Å². The van der Waals surface area contributed by atoms with Crippen LogP contribution in [-0.4, -0.2) is 17.5 Å². The van der Waals surface area contributed by atoms with Crippen molar-refractivity contribution in [2.75, 3.05) is 5.32 Å². The number of amides is 1. The summed E-state index contributed by atoms with van der Waals surface area (Å²) in [5.41, 5.74) is 0.906. The van der Waals surface area contributed by atoms with E-state index < -0.39 is 11.7 Å². The Hall–Kier alpha value is -1.84. The molecule has 4 heteroatoms. The van der Waals surface area contributed by atoms with Crippen LogP contribution in [0, 0.1) is 0 Å². The maximum Gasteiger partial charge on any atom is 0.412 e. The van der Waals surface area contributed by atoms with Crippen molar-refractivity contribution >= 4 is 17.6 Å². The van der Waals surface area contributed by atoms with Crippen molar-refractivity contribution < 1.29 is 14.3 Å². The van der Waals surface area contributed by atoms with Crippen LogP contribution >= 0.6 is 0 Å². The molecular formula is C16H21NO3. The fourth-order valence-electron chi connectivity index (χ4n) is 2.26. The van der Waals surface area contributed by atoms with Crippen LogP contribution in [0.4, 0.5) is 10.5 Å². The fraction of sp³-hybridized carbons (Fsp3) is 0.500. The van der Waals surface area contributed by atoms with Gasteiger partial charge in [0, 0.05) is 5.69 Å². The predicted molar refractivity (Wildman–Crippen MR) is 77.9 cm³/mol. The Labute approximate surface area is 119 Å². The molecule has 1 saturated carbocycles. The van der Waals surface area contributed by atoms with E-state index in [1.165, 1.54) is 0 Å². The molecule has 0 bridgehead atoms. The van der Waals surface area contributed by atoms with Crippen LogP contribution in [0.5, 0.6) is 0 Å². The molecule has 0 aliphatic heterocycles. The van der Waals surface area contributed by atoms with Crippen molar-refractivity contribution in [1.82, 2.24) is 0 Å². The maximum absolute atomic E-state index is 11.7. The first-order valence-electron chi connectivity index (χ1n) is 6.84. The number of ketones is 1. The molecule has 0 atom stereocenters. The lowest BCUT2D eigenvalue weighted by atomic mass is 9.92. The summed E-state index contributed by atoms with van der Waals surface area (Å²) >= 11 is 0. The van der Waals surface area contributed by atoms with Crippen molar-refractivity contribution in [2.45, 2.75) is 51.6 Å². The molecule has 1 aliphatic rings. The highest BCUT2D eigenvalue weighted by atomic mass is 16.6. The zero-order chi connectivity index (χ0) is 15.0. The molecule has 20 heavy (non-hydrogen) atoms. The first-order chi connectivity index (χ1) is 9.23. The number of hydrogen-bond acceptors (Lipinski definition) is 3. The highest BCUT2D eigenvalue weighted by molar-refractivity contribution is 5.91.